The Morgan fingerprint density at radius 1 is 1.42 bits per heavy atom. The van der Waals surface area contributed by atoms with Gasteiger partial charge in [0.05, 0.1) is 0 Å². The number of carbonyl (C=O) groups excluding carboxylic acids is 1. The van der Waals surface area contributed by atoms with E-state index in [1.807, 2.05) is 17.5 Å². The summed E-state index contributed by atoms with van der Waals surface area (Å²) in [5.41, 5.74) is 7.19. The van der Waals surface area contributed by atoms with Crippen LogP contribution < -0.4 is 16.2 Å². The quantitative estimate of drug-likeness (QED) is 0.781. The predicted molar refractivity (Wildman–Crippen MR) is 72.4 cm³/mol. The number of nitrogens with one attached hydrogen (secondary N) is 3. The van der Waals surface area contributed by atoms with Crippen molar-refractivity contribution in [3.63, 3.8) is 0 Å². The zero-order valence-corrected chi connectivity index (χ0v) is 10.9. The first-order valence-corrected chi connectivity index (χ1v) is 6.82. The maximum atomic E-state index is 12.0. The van der Waals surface area contributed by atoms with Crippen LogP contribution >= 0.6 is 11.3 Å². The molecule has 19 heavy (non-hydrogen) atoms. The summed E-state index contributed by atoms with van der Waals surface area (Å²) >= 11 is 1.41. The molecule has 1 saturated heterocycles. The molecule has 3 N–H and O–H groups in total. The lowest BCUT2D eigenvalue weighted by Gasteiger charge is -2.08. The molecule has 1 amide bonds. The molecule has 2 aromatic heterocycles. The third-order valence-electron chi connectivity index (χ3n) is 2.97. The first-order valence-electron chi connectivity index (χ1n) is 5.94. The van der Waals surface area contributed by atoms with Gasteiger partial charge < -0.3 is 5.32 Å². The minimum absolute atomic E-state index is 0.0751. The fourth-order valence-corrected chi connectivity index (χ4v) is 2.54. The molecule has 0 bridgehead atoms. The maximum absolute atomic E-state index is 12.0. The summed E-state index contributed by atoms with van der Waals surface area (Å²) in [6.45, 7) is 0. The summed E-state index contributed by atoms with van der Waals surface area (Å²) in [5.74, 6) is -0.0751. The van der Waals surface area contributed by atoms with Crippen molar-refractivity contribution in [1.29, 1.82) is 0 Å². The largest absolute Gasteiger partial charge is 0.301 e. The van der Waals surface area contributed by atoms with E-state index >= 15 is 0 Å². The Bertz CT molecular complexity index is 545. The Hall–Kier alpha value is -1.83. The molecule has 2 unspecified atom stereocenters. The van der Waals surface area contributed by atoms with Crippen molar-refractivity contribution in [3.05, 3.63) is 41.7 Å². The average molecular weight is 275 g/mol. The zero-order chi connectivity index (χ0) is 13.1. The van der Waals surface area contributed by atoms with Gasteiger partial charge in [0, 0.05) is 30.0 Å². The van der Waals surface area contributed by atoms with E-state index in [4.69, 9.17) is 0 Å². The minimum atomic E-state index is -0.269. The summed E-state index contributed by atoms with van der Waals surface area (Å²) in [6, 6.07) is 3.71. The lowest BCUT2D eigenvalue weighted by molar-refractivity contribution is -0.117. The van der Waals surface area contributed by atoms with Crippen LogP contribution in [-0.4, -0.2) is 21.9 Å². The van der Waals surface area contributed by atoms with E-state index in [0.717, 1.165) is 5.56 Å². The highest BCUT2D eigenvalue weighted by Crippen LogP contribution is 2.22. The molecule has 0 radical (unpaired) electrons. The number of carbonyl (C=O) groups is 1. The van der Waals surface area contributed by atoms with Crippen LogP contribution in [0.15, 0.2) is 36.1 Å². The van der Waals surface area contributed by atoms with Crippen LogP contribution in [0.4, 0.5) is 5.13 Å². The Balaban J connectivity index is 1.61. The first kappa shape index (κ1) is 12.2. The molecule has 0 saturated carbocycles. The van der Waals surface area contributed by atoms with Crippen LogP contribution in [0.2, 0.25) is 0 Å². The van der Waals surface area contributed by atoms with Gasteiger partial charge >= 0.3 is 0 Å². The number of rotatable bonds is 3. The van der Waals surface area contributed by atoms with Gasteiger partial charge in [-0.15, -0.1) is 11.3 Å². The van der Waals surface area contributed by atoms with Gasteiger partial charge in [0.15, 0.2) is 5.13 Å². The molecule has 0 aliphatic carbocycles. The molecule has 1 aliphatic rings. The van der Waals surface area contributed by atoms with Gasteiger partial charge in [-0.25, -0.2) is 15.8 Å². The summed E-state index contributed by atoms with van der Waals surface area (Å²) in [5, 5.41) is 5.24. The number of pyridine rings is 1. The van der Waals surface area contributed by atoms with Gasteiger partial charge in [-0.1, -0.05) is 6.07 Å². The van der Waals surface area contributed by atoms with Crippen molar-refractivity contribution in [2.75, 3.05) is 5.32 Å². The monoisotopic (exact) mass is 275 g/mol. The number of aromatic nitrogens is 2. The summed E-state index contributed by atoms with van der Waals surface area (Å²) in [4.78, 5) is 20.1. The van der Waals surface area contributed by atoms with E-state index in [0.29, 0.717) is 11.6 Å². The van der Waals surface area contributed by atoms with Crippen LogP contribution in [0, 0.1) is 0 Å². The number of hydrogen-bond acceptors (Lipinski definition) is 6. The molecular formula is C12H13N5OS. The highest BCUT2D eigenvalue weighted by atomic mass is 32.1. The Morgan fingerprint density at radius 2 is 2.37 bits per heavy atom. The van der Waals surface area contributed by atoms with Crippen LogP contribution in [-0.2, 0) is 4.79 Å². The molecule has 2 aromatic rings. The average Bonchev–Trinajstić information content (AvgIpc) is 3.10. The van der Waals surface area contributed by atoms with Crippen LogP contribution in [0.25, 0.3) is 0 Å². The fraction of sp³-hybridized carbons (Fsp3) is 0.250. The van der Waals surface area contributed by atoms with Crippen molar-refractivity contribution in [2.24, 2.45) is 0 Å². The highest BCUT2D eigenvalue weighted by Gasteiger charge is 2.30. The SMILES string of the molecule is O=C(Nc1nccs1)C1CC(c2cccnc2)NN1. The van der Waals surface area contributed by atoms with E-state index in [2.05, 4.69) is 26.1 Å². The summed E-state index contributed by atoms with van der Waals surface area (Å²) in [7, 11) is 0. The van der Waals surface area contributed by atoms with Crippen LogP contribution in [0.5, 0.6) is 0 Å². The lowest BCUT2D eigenvalue weighted by atomic mass is 10.0. The molecule has 7 heteroatoms. The van der Waals surface area contributed by atoms with Crippen molar-refractivity contribution < 1.29 is 4.79 Å². The van der Waals surface area contributed by atoms with Crippen molar-refractivity contribution in [1.82, 2.24) is 20.8 Å². The number of amides is 1. The molecule has 2 atom stereocenters. The van der Waals surface area contributed by atoms with Crippen molar-refractivity contribution in [3.8, 4) is 0 Å². The van der Waals surface area contributed by atoms with E-state index in [-0.39, 0.29) is 18.0 Å². The fourth-order valence-electron chi connectivity index (χ4n) is 2.01. The standard InChI is InChI=1S/C12H13N5OS/c18-11(15-12-14-4-5-19-12)10-6-9(16-17-10)8-2-1-3-13-7-8/h1-5,7,9-10,16-17H,6H2,(H,14,15,18). The van der Waals surface area contributed by atoms with Gasteiger partial charge in [-0.2, -0.15) is 0 Å². The highest BCUT2D eigenvalue weighted by molar-refractivity contribution is 7.13. The second-order valence-corrected chi connectivity index (χ2v) is 5.14. The number of hydrazine groups is 1. The van der Waals surface area contributed by atoms with Gasteiger partial charge in [0.1, 0.15) is 6.04 Å². The molecule has 3 rings (SSSR count). The number of anilines is 1. The second kappa shape index (κ2) is 5.43. The zero-order valence-electron chi connectivity index (χ0n) is 10.0. The van der Waals surface area contributed by atoms with Crippen LogP contribution in [0.3, 0.4) is 0 Å². The van der Waals surface area contributed by atoms with Gasteiger partial charge in [0.25, 0.3) is 0 Å². The predicted octanol–water partition coefficient (Wildman–Crippen LogP) is 1.08. The summed E-state index contributed by atoms with van der Waals surface area (Å²) in [6.07, 6.45) is 5.89. The molecule has 0 aromatic carbocycles. The molecule has 6 nitrogen and oxygen atoms in total. The molecule has 0 spiro atoms. The third-order valence-corrected chi connectivity index (χ3v) is 3.66. The second-order valence-electron chi connectivity index (χ2n) is 4.24. The van der Waals surface area contributed by atoms with E-state index < -0.39 is 0 Å². The molecule has 3 heterocycles. The summed E-state index contributed by atoms with van der Waals surface area (Å²) < 4.78 is 0. The third kappa shape index (κ3) is 2.78. The first-order chi connectivity index (χ1) is 9.33. The van der Waals surface area contributed by atoms with Gasteiger partial charge in [0.2, 0.25) is 5.91 Å². The van der Waals surface area contributed by atoms with Gasteiger partial charge in [-0.05, 0) is 18.1 Å². The van der Waals surface area contributed by atoms with E-state index in [9.17, 15) is 4.79 Å². The minimum Gasteiger partial charge on any atom is -0.301 e. The Labute approximate surface area is 114 Å². The molecule has 98 valence electrons. The molecular weight excluding hydrogens is 262 g/mol. The Kier molecular flexibility index (Phi) is 3.49. The number of nitrogens with zero attached hydrogens (tertiary/aromatic N) is 2. The topological polar surface area (TPSA) is 78.9 Å². The lowest BCUT2D eigenvalue weighted by Crippen LogP contribution is -2.39. The smallest absolute Gasteiger partial charge is 0.244 e. The number of thiazole rings is 1. The molecule has 1 aliphatic heterocycles. The van der Waals surface area contributed by atoms with Crippen molar-refractivity contribution >= 4 is 22.4 Å². The maximum Gasteiger partial charge on any atom is 0.244 e. The Morgan fingerprint density at radius 3 is 3.11 bits per heavy atom. The van der Waals surface area contributed by atoms with Gasteiger partial charge in [-0.3, -0.25) is 9.78 Å². The molecule has 1 fully saturated rings. The number of hydrogen-bond donors (Lipinski definition) is 3. The van der Waals surface area contributed by atoms with Crippen LogP contribution in [0.1, 0.15) is 18.0 Å². The van der Waals surface area contributed by atoms with Crippen molar-refractivity contribution in [2.45, 2.75) is 18.5 Å². The van der Waals surface area contributed by atoms with E-state index in [1.165, 1.54) is 11.3 Å². The van der Waals surface area contributed by atoms with E-state index in [1.54, 1.807) is 18.6 Å². The normalized spacial score (nSPS) is 22.3.